The minimum atomic E-state index is 0.197. The molecule has 0 aliphatic rings. The van der Waals surface area contributed by atoms with E-state index in [4.69, 9.17) is 0 Å². The molecule has 0 aliphatic heterocycles. The molecule has 64 valence electrons. The Morgan fingerprint density at radius 2 is 2.09 bits per heavy atom. The maximum absolute atomic E-state index is 11.2. The molecule has 1 amide bonds. The van der Waals surface area contributed by atoms with E-state index in [0.717, 1.165) is 12.1 Å². The van der Waals surface area contributed by atoms with Gasteiger partial charge >= 0.3 is 0 Å². The first-order chi connectivity index (χ1) is 5.13. The molecule has 0 unspecified atom stereocenters. The van der Waals surface area contributed by atoms with Gasteiger partial charge in [-0.15, -0.1) is 0 Å². The van der Waals surface area contributed by atoms with Gasteiger partial charge in [-0.05, 0) is 20.3 Å². The maximum atomic E-state index is 11.2. The van der Waals surface area contributed by atoms with Gasteiger partial charge in [-0.2, -0.15) is 0 Å². The van der Waals surface area contributed by atoms with Crippen LogP contribution in [0.4, 0.5) is 0 Å². The smallest absolute Gasteiger partial charge is 0.226 e. The van der Waals surface area contributed by atoms with E-state index in [0.29, 0.717) is 6.42 Å². The Balaban J connectivity index is 4.02. The predicted octanol–water partition coefficient (Wildman–Crippen LogP) is 2.17. The second kappa shape index (κ2) is 4.94. The standard InChI is InChI=1S/C9H17NO/c1-5-7-9(11)10(4)8(3)6-2/h6H,5,7H2,1-4H3. The number of nitrogens with zero attached hydrogens (tertiary/aromatic N) is 1. The second-order valence-electron chi connectivity index (χ2n) is 2.63. The molecule has 0 aromatic carbocycles. The first-order valence-electron chi connectivity index (χ1n) is 4.03. The molecule has 0 saturated heterocycles. The summed E-state index contributed by atoms with van der Waals surface area (Å²) in [6.07, 6.45) is 3.50. The molecule has 0 spiro atoms. The van der Waals surface area contributed by atoms with Crippen LogP contribution in [0.15, 0.2) is 11.8 Å². The Kier molecular flexibility index (Phi) is 4.59. The van der Waals surface area contributed by atoms with Crippen molar-refractivity contribution in [3.63, 3.8) is 0 Å². The number of hydrogen-bond acceptors (Lipinski definition) is 1. The number of carbonyl (C=O) groups is 1. The molecule has 0 atom stereocenters. The van der Waals surface area contributed by atoms with Gasteiger partial charge in [0.2, 0.25) is 5.91 Å². The van der Waals surface area contributed by atoms with Crippen LogP contribution in [0.5, 0.6) is 0 Å². The van der Waals surface area contributed by atoms with E-state index in [1.807, 2.05) is 33.9 Å². The van der Waals surface area contributed by atoms with Gasteiger partial charge in [-0.1, -0.05) is 13.0 Å². The molecule has 2 nitrogen and oxygen atoms in total. The third kappa shape index (κ3) is 3.21. The number of amides is 1. The summed E-state index contributed by atoms with van der Waals surface area (Å²) in [6.45, 7) is 5.88. The van der Waals surface area contributed by atoms with Crippen molar-refractivity contribution in [3.8, 4) is 0 Å². The molecule has 0 bridgehead atoms. The highest BCUT2D eigenvalue weighted by Gasteiger charge is 2.06. The molecule has 0 fully saturated rings. The first kappa shape index (κ1) is 10.2. The van der Waals surface area contributed by atoms with Crippen LogP contribution in [0, 0.1) is 0 Å². The lowest BCUT2D eigenvalue weighted by molar-refractivity contribution is -0.128. The van der Waals surface area contributed by atoms with Crippen LogP contribution in [0.2, 0.25) is 0 Å². The monoisotopic (exact) mass is 155 g/mol. The highest BCUT2D eigenvalue weighted by Crippen LogP contribution is 2.03. The molecule has 0 N–H and O–H groups in total. The van der Waals surface area contributed by atoms with Gasteiger partial charge in [0.25, 0.3) is 0 Å². The van der Waals surface area contributed by atoms with E-state index in [9.17, 15) is 4.79 Å². The lowest BCUT2D eigenvalue weighted by Crippen LogP contribution is -2.24. The molecule has 0 radical (unpaired) electrons. The van der Waals surface area contributed by atoms with E-state index in [-0.39, 0.29) is 5.91 Å². The van der Waals surface area contributed by atoms with Crippen LogP contribution in [-0.4, -0.2) is 17.9 Å². The van der Waals surface area contributed by atoms with E-state index in [2.05, 4.69) is 0 Å². The SMILES string of the molecule is CC=C(C)N(C)C(=O)CCC. The summed E-state index contributed by atoms with van der Waals surface area (Å²) in [6, 6.07) is 0. The summed E-state index contributed by atoms with van der Waals surface area (Å²) in [7, 11) is 1.81. The molecule has 0 aromatic rings. The first-order valence-corrected chi connectivity index (χ1v) is 4.03. The van der Waals surface area contributed by atoms with Crippen molar-refractivity contribution in [1.29, 1.82) is 0 Å². The van der Waals surface area contributed by atoms with Gasteiger partial charge in [0.15, 0.2) is 0 Å². The van der Waals surface area contributed by atoms with Crippen LogP contribution in [0.3, 0.4) is 0 Å². The normalized spacial score (nSPS) is 11.5. The molecular weight excluding hydrogens is 138 g/mol. The molecule has 0 rings (SSSR count). The fourth-order valence-corrected chi connectivity index (χ4v) is 0.772. The third-order valence-corrected chi connectivity index (χ3v) is 1.78. The Labute approximate surface area is 68.9 Å². The lowest BCUT2D eigenvalue weighted by Gasteiger charge is -2.16. The number of rotatable bonds is 3. The molecule has 11 heavy (non-hydrogen) atoms. The highest BCUT2D eigenvalue weighted by atomic mass is 16.2. The van der Waals surface area contributed by atoms with Crippen LogP contribution >= 0.6 is 0 Å². The van der Waals surface area contributed by atoms with Crippen LogP contribution in [-0.2, 0) is 4.79 Å². The van der Waals surface area contributed by atoms with Crippen molar-refractivity contribution in [1.82, 2.24) is 4.90 Å². The Bertz CT molecular complexity index is 161. The molecule has 0 heterocycles. The minimum Gasteiger partial charge on any atom is -0.320 e. The number of hydrogen-bond donors (Lipinski definition) is 0. The Morgan fingerprint density at radius 3 is 2.45 bits per heavy atom. The van der Waals surface area contributed by atoms with Gasteiger partial charge in [0, 0.05) is 19.2 Å². The van der Waals surface area contributed by atoms with Crippen molar-refractivity contribution in [2.24, 2.45) is 0 Å². The average molecular weight is 155 g/mol. The average Bonchev–Trinajstić information content (AvgIpc) is 2.02. The van der Waals surface area contributed by atoms with E-state index >= 15 is 0 Å². The molecule has 2 heteroatoms. The minimum absolute atomic E-state index is 0.197. The van der Waals surface area contributed by atoms with Crippen LogP contribution < -0.4 is 0 Å². The fourth-order valence-electron chi connectivity index (χ4n) is 0.772. The van der Waals surface area contributed by atoms with Crippen molar-refractivity contribution in [2.45, 2.75) is 33.6 Å². The Morgan fingerprint density at radius 1 is 1.55 bits per heavy atom. The summed E-state index contributed by atoms with van der Waals surface area (Å²) in [5, 5.41) is 0. The van der Waals surface area contributed by atoms with E-state index in [1.165, 1.54) is 0 Å². The topological polar surface area (TPSA) is 20.3 Å². The molecular formula is C9H17NO. The largest absolute Gasteiger partial charge is 0.320 e. The molecule has 0 aromatic heterocycles. The predicted molar refractivity (Wildman–Crippen MR) is 47.1 cm³/mol. The van der Waals surface area contributed by atoms with Crippen molar-refractivity contribution in [2.75, 3.05) is 7.05 Å². The summed E-state index contributed by atoms with van der Waals surface area (Å²) in [4.78, 5) is 12.9. The second-order valence-corrected chi connectivity index (χ2v) is 2.63. The number of allylic oxidation sites excluding steroid dienone is 2. The third-order valence-electron chi connectivity index (χ3n) is 1.78. The zero-order chi connectivity index (χ0) is 8.85. The highest BCUT2D eigenvalue weighted by molar-refractivity contribution is 5.77. The Hall–Kier alpha value is -0.790. The number of carbonyl (C=O) groups excluding carboxylic acids is 1. The van der Waals surface area contributed by atoms with E-state index in [1.54, 1.807) is 4.90 Å². The molecule has 0 aliphatic carbocycles. The fraction of sp³-hybridized carbons (Fsp3) is 0.667. The summed E-state index contributed by atoms with van der Waals surface area (Å²) < 4.78 is 0. The summed E-state index contributed by atoms with van der Waals surface area (Å²) >= 11 is 0. The van der Waals surface area contributed by atoms with Crippen molar-refractivity contribution >= 4 is 5.91 Å². The zero-order valence-electron chi connectivity index (χ0n) is 7.85. The quantitative estimate of drug-likeness (QED) is 0.611. The van der Waals surface area contributed by atoms with Crippen LogP contribution in [0.25, 0.3) is 0 Å². The van der Waals surface area contributed by atoms with Crippen molar-refractivity contribution in [3.05, 3.63) is 11.8 Å². The maximum Gasteiger partial charge on any atom is 0.226 e. The summed E-state index contributed by atoms with van der Waals surface area (Å²) in [5.41, 5.74) is 1.02. The van der Waals surface area contributed by atoms with E-state index < -0.39 is 0 Å². The summed E-state index contributed by atoms with van der Waals surface area (Å²) in [5.74, 6) is 0.197. The van der Waals surface area contributed by atoms with Gasteiger partial charge in [0.05, 0.1) is 0 Å². The van der Waals surface area contributed by atoms with Gasteiger partial charge in [-0.3, -0.25) is 4.79 Å². The lowest BCUT2D eigenvalue weighted by atomic mass is 10.3. The van der Waals surface area contributed by atoms with Gasteiger partial charge in [-0.25, -0.2) is 0 Å². The van der Waals surface area contributed by atoms with Crippen molar-refractivity contribution < 1.29 is 4.79 Å². The van der Waals surface area contributed by atoms with Crippen LogP contribution in [0.1, 0.15) is 33.6 Å². The van der Waals surface area contributed by atoms with Gasteiger partial charge < -0.3 is 4.90 Å². The van der Waals surface area contributed by atoms with Gasteiger partial charge in [0.1, 0.15) is 0 Å². The zero-order valence-corrected chi connectivity index (χ0v) is 7.85. The molecule has 0 saturated carbocycles.